The lowest BCUT2D eigenvalue weighted by Gasteiger charge is -2.35. The number of anilines is 1. The van der Waals surface area contributed by atoms with E-state index in [4.69, 9.17) is 4.74 Å². The molecular weight excluding hydrogens is 285 g/mol. The molecule has 21 heavy (non-hydrogen) atoms. The number of ether oxygens (including phenoxy) is 1. The number of esters is 1. The minimum atomic E-state index is -4.49. The molecule has 0 amide bonds. The fourth-order valence-corrected chi connectivity index (χ4v) is 2.43. The van der Waals surface area contributed by atoms with E-state index in [0.29, 0.717) is 13.0 Å². The fraction of sp³-hybridized carbons (Fsp3) is 0.571. The summed E-state index contributed by atoms with van der Waals surface area (Å²) in [4.78, 5) is 17.2. The number of pyridine rings is 1. The maximum Gasteiger partial charge on any atom is 0.433 e. The van der Waals surface area contributed by atoms with Crippen molar-refractivity contribution in [2.75, 3.05) is 18.1 Å². The fourth-order valence-electron chi connectivity index (χ4n) is 2.43. The van der Waals surface area contributed by atoms with E-state index >= 15 is 0 Å². The van der Waals surface area contributed by atoms with E-state index in [0.717, 1.165) is 18.9 Å². The number of rotatable bonds is 3. The molecule has 1 aromatic heterocycles. The van der Waals surface area contributed by atoms with E-state index in [-0.39, 0.29) is 12.4 Å². The highest BCUT2D eigenvalue weighted by Crippen LogP contribution is 2.30. The molecule has 1 unspecified atom stereocenters. The normalized spacial score (nSPS) is 19.4. The third kappa shape index (κ3) is 3.65. The Morgan fingerprint density at radius 1 is 1.43 bits per heavy atom. The molecule has 1 aliphatic rings. The van der Waals surface area contributed by atoms with Gasteiger partial charge in [0.2, 0.25) is 0 Å². The molecular formula is C14H17F3N2O2. The van der Waals surface area contributed by atoms with Crippen molar-refractivity contribution >= 4 is 11.8 Å². The van der Waals surface area contributed by atoms with Gasteiger partial charge in [-0.25, -0.2) is 9.78 Å². The molecule has 1 aromatic rings. The second kappa shape index (κ2) is 6.32. The number of nitrogens with zero attached hydrogens (tertiary/aromatic N) is 2. The molecule has 7 heteroatoms. The van der Waals surface area contributed by atoms with E-state index < -0.39 is 23.9 Å². The predicted octanol–water partition coefficient (Wildman–Crippen LogP) is 3.02. The molecule has 1 saturated heterocycles. The van der Waals surface area contributed by atoms with Crippen LogP contribution in [0.4, 0.5) is 19.0 Å². The summed E-state index contributed by atoms with van der Waals surface area (Å²) in [5.41, 5.74) is -0.951. The molecule has 2 heterocycles. The van der Waals surface area contributed by atoms with Crippen LogP contribution in [-0.4, -0.2) is 30.1 Å². The van der Waals surface area contributed by atoms with E-state index in [1.807, 2.05) is 0 Å². The lowest BCUT2D eigenvalue weighted by molar-refractivity contribution is -0.145. The van der Waals surface area contributed by atoms with Gasteiger partial charge >= 0.3 is 12.1 Å². The highest BCUT2D eigenvalue weighted by molar-refractivity contribution is 5.80. The zero-order chi connectivity index (χ0) is 15.5. The molecule has 1 atom stereocenters. The topological polar surface area (TPSA) is 42.4 Å². The van der Waals surface area contributed by atoms with Crippen LogP contribution in [0.2, 0.25) is 0 Å². The van der Waals surface area contributed by atoms with Gasteiger partial charge in [-0.1, -0.05) is 6.07 Å². The van der Waals surface area contributed by atoms with Crippen molar-refractivity contribution in [3.05, 3.63) is 23.9 Å². The standard InChI is InChI=1S/C14H17F3N2O2/c1-2-21-13(20)10-6-3-4-9-19(10)12-8-5-7-11(18-12)14(15,16)17/h5,7-8,10H,2-4,6,9H2,1H3. The first-order valence-corrected chi connectivity index (χ1v) is 6.91. The third-order valence-corrected chi connectivity index (χ3v) is 3.38. The second-order valence-electron chi connectivity index (χ2n) is 4.84. The number of hydrogen-bond donors (Lipinski definition) is 0. The van der Waals surface area contributed by atoms with E-state index in [2.05, 4.69) is 4.98 Å². The van der Waals surface area contributed by atoms with Crippen LogP contribution in [0.25, 0.3) is 0 Å². The number of piperidine rings is 1. The van der Waals surface area contributed by atoms with Gasteiger partial charge in [0.15, 0.2) is 0 Å². The van der Waals surface area contributed by atoms with Gasteiger partial charge in [-0.3, -0.25) is 0 Å². The van der Waals surface area contributed by atoms with Crippen LogP contribution in [0.15, 0.2) is 18.2 Å². The largest absolute Gasteiger partial charge is 0.464 e. The van der Waals surface area contributed by atoms with Gasteiger partial charge in [0, 0.05) is 6.54 Å². The van der Waals surface area contributed by atoms with Crippen LogP contribution in [-0.2, 0) is 15.7 Å². The maximum absolute atomic E-state index is 12.7. The highest BCUT2D eigenvalue weighted by atomic mass is 19.4. The molecule has 4 nitrogen and oxygen atoms in total. The molecule has 116 valence electrons. The molecule has 1 fully saturated rings. The van der Waals surface area contributed by atoms with Crippen molar-refractivity contribution in [3.8, 4) is 0 Å². The van der Waals surface area contributed by atoms with Gasteiger partial charge in [0.05, 0.1) is 6.61 Å². The van der Waals surface area contributed by atoms with Crippen molar-refractivity contribution in [1.82, 2.24) is 4.98 Å². The molecule has 0 spiro atoms. The number of carbonyl (C=O) groups is 1. The summed E-state index contributed by atoms with van der Waals surface area (Å²) >= 11 is 0. The molecule has 0 N–H and O–H groups in total. The lowest BCUT2D eigenvalue weighted by Crippen LogP contribution is -2.46. The zero-order valence-electron chi connectivity index (χ0n) is 11.7. The Kier molecular flexibility index (Phi) is 4.69. The monoisotopic (exact) mass is 302 g/mol. The van der Waals surface area contributed by atoms with Gasteiger partial charge in [0.25, 0.3) is 0 Å². The Morgan fingerprint density at radius 2 is 2.19 bits per heavy atom. The molecule has 0 saturated carbocycles. The van der Waals surface area contributed by atoms with E-state index in [9.17, 15) is 18.0 Å². The summed E-state index contributed by atoms with van der Waals surface area (Å²) in [6, 6.07) is 3.16. The number of carbonyl (C=O) groups excluding carboxylic acids is 1. The quantitative estimate of drug-likeness (QED) is 0.805. The lowest BCUT2D eigenvalue weighted by atomic mass is 10.0. The summed E-state index contributed by atoms with van der Waals surface area (Å²) in [5.74, 6) is -0.237. The first-order valence-electron chi connectivity index (χ1n) is 6.91. The van der Waals surface area contributed by atoms with E-state index in [1.165, 1.54) is 12.1 Å². The minimum Gasteiger partial charge on any atom is -0.464 e. The molecule has 0 radical (unpaired) electrons. The summed E-state index contributed by atoms with van der Waals surface area (Å²) in [5, 5.41) is 0. The molecule has 0 aromatic carbocycles. The SMILES string of the molecule is CCOC(=O)C1CCCCN1c1cccc(C(F)(F)F)n1. The van der Waals surface area contributed by atoms with Gasteiger partial charge in [-0.2, -0.15) is 13.2 Å². The van der Waals surface area contributed by atoms with Crippen molar-refractivity contribution in [2.45, 2.75) is 38.4 Å². The van der Waals surface area contributed by atoms with Crippen molar-refractivity contribution in [1.29, 1.82) is 0 Å². The number of hydrogen-bond acceptors (Lipinski definition) is 4. The van der Waals surface area contributed by atoms with Crippen LogP contribution in [0, 0.1) is 0 Å². The number of aromatic nitrogens is 1. The average Bonchev–Trinajstić information content (AvgIpc) is 2.47. The van der Waals surface area contributed by atoms with Crippen molar-refractivity contribution in [3.63, 3.8) is 0 Å². The third-order valence-electron chi connectivity index (χ3n) is 3.38. The van der Waals surface area contributed by atoms with Crippen LogP contribution in [0.5, 0.6) is 0 Å². The van der Waals surface area contributed by atoms with Crippen LogP contribution in [0.1, 0.15) is 31.9 Å². The van der Waals surface area contributed by atoms with E-state index in [1.54, 1.807) is 11.8 Å². The van der Waals surface area contributed by atoms with Crippen LogP contribution >= 0.6 is 0 Å². The summed E-state index contributed by atoms with van der Waals surface area (Å²) in [7, 11) is 0. The maximum atomic E-state index is 12.7. The molecule has 0 aliphatic carbocycles. The summed E-state index contributed by atoms with van der Waals surface area (Å²) in [6.07, 6.45) is -2.27. The molecule has 0 bridgehead atoms. The summed E-state index contributed by atoms with van der Waals surface area (Å²) < 4.78 is 43.2. The highest BCUT2D eigenvalue weighted by Gasteiger charge is 2.35. The zero-order valence-corrected chi connectivity index (χ0v) is 11.7. The van der Waals surface area contributed by atoms with Gasteiger partial charge < -0.3 is 9.64 Å². The van der Waals surface area contributed by atoms with Crippen molar-refractivity contribution < 1.29 is 22.7 Å². The van der Waals surface area contributed by atoms with Crippen LogP contribution in [0.3, 0.4) is 0 Å². The smallest absolute Gasteiger partial charge is 0.433 e. The average molecular weight is 302 g/mol. The van der Waals surface area contributed by atoms with Gasteiger partial charge in [-0.05, 0) is 38.3 Å². The van der Waals surface area contributed by atoms with Gasteiger partial charge in [0.1, 0.15) is 17.6 Å². The minimum absolute atomic E-state index is 0.169. The van der Waals surface area contributed by atoms with Gasteiger partial charge in [-0.15, -0.1) is 0 Å². The summed E-state index contributed by atoms with van der Waals surface area (Å²) in [6.45, 7) is 2.45. The predicted molar refractivity (Wildman–Crippen MR) is 70.9 cm³/mol. The Hall–Kier alpha value is -1.79. The Balaban J connectivity index is 2.27. The molecule has 2 rings (SSSR count). The Morgan fingerprint density at radius 3 is 2.86 bits per heavy atom. The Bertz CT molecular complexity index is 505. The number of halogens is 3. The number of alkyl halides is 3. The van der Waals surface area contributed by atoms with Crippen molar-refractivity contribution in [2.24, 2.45) is 0 Å². The molecule has 1 aliphatic heterocycles. The Labute approximate surface area is 120 Å². The first-order chi connectivity index (χ1) is 9.93. The van der Waals surface area contributed by atoms with Crippen LogP contribution < -0.4 is 4.90 Å². The first kappa shape index (κ1) is 15.6. The second-order valence-corrected chi connectivity index (χ2v) is 4.84.